The second kappa shape index (κ2) is 6.97. The highest BCUT2D eigenvalue weighted by atomic mass is 35.5. The summed E-state index contributed by atoms with van der Waals surface area (Å²) in [5, 5.41) is 10.5. The number of carbonyl (C=O) groups excluding carboxylic acids is 1. The quantitative estimate of drug-likeness (QED) is 0.866. The van der Waals surface area contributed by atoms with Gasteiger partial charge in [-0.1, -0.05) is 34.9 Å². The molecule has 0 fully saturated rings. The molecule has 0 saturated carbocycles. The topological polar surface area (TPSA) is 86.5 Å². The number of nitrogens with one attached hydrogen (secondary N) is 1. The third-order valence-electron chi connectivity index (χ3n) is 2.83. The Hall–Kier alpha value is -2.80. The van der Waals surface area contributed by atoms with Crippen molar-refractivity contribution >= 4 is 35.4 Å². The van der Waals surface area contributed by atoms with Crippen molar-refractivity contribution in [2.75, 3.05) is 18.5 Å². The maximum absolute atomic E-state index is 11.8. The lowest BCUT2D eigenvalue weighted by Crippen LogP contribution is -2.08. The van der Waals surface area contributed by atoms with Crippen molar-refractivity contribution < 1.29 is 18.7 Å². The van der Waals surface area contributed by atoms with E-state index in [0.29, 0.717) is 24.0 Å². The fourth-order valence-corrected chi connectivity index (χ4v) is 1.98. The third kappa shape index (κ3) is 3.89. The van der Waals surface area contributed by atoms with Crippen molar-refractivity contribution in [3.63, 3.8) is 0 Å². The number of amides is 1. The molecule has 118 valence electrons. The minimum Gasteiger partial charge on any atom is -0.494 e. The third-order valence-corrected chi connectivity index (χ3v) is 3.18. The molecule has 8 heteroatoms. The lowest BCUT2D eigenvalue weighted by Gasteiger charge is -2.11. The van der Waals surface area contributed by atoms with Gasteiger partial charge in [-0.2, -0.15) is 0 Å². The summed E-state index contributed by atoms with van der Waals surface area (Å²) in [5.41, 5.74) is 0.730. The molecule has 1 aliphatic rings. The first-order chi connectivity index (χ1) is 11.2. The largest absolute Gasteiger partial charge is 0.494 e. The van der Waals surface area contributed by atoms with Crippen LogP contribution in [0.5, 0.6) is 0 Å². The van der Waals surface area contributed by atoms with Gasteiger partial charge in [0.1, 0.15) is 19.5 Å². The van der Waals surface area contributed by atoms with Crippen LogP contribution in [0.15, 0.2) is 41.0 Å². The van der Waals surface area contributed by atoms with E-state index in [-0.39, 0.29) is 11.9 Å². The Morgan fingerprint density at radius 1 is 1.26 bits per heavy atom. The highest BCUT2D eigenvalue weighted by Crippen LogP contribution is 2.19. The van der Waals surface area contributed by atoms with Gasteiger partial charge in [0, 0.05) is 11.1 Å². The van der Waals surface area contributed by atoms with Crippen LogP contribution in [0.4, 0.5) is 6.01 Å². The minimum absolute atomic E-state index is 0.0381. The summed E-state index contributed by atoms with van der Waals surface area (Å²) in [6.07, 6.45) is 4.31. The standard InChI is InChI=1S/C15H12ClN3O4/c16-11-4-2-1-3-10(11)5-6-13(20)17-15-19-18-14(23-15)12-9-21-7-8-22-12/h1-6,9H,7-8H2,(H,17,19,20). The fraction of sp³-hybridized carbons (Fsp3) is 0.133. The van der Waals surface area contributed by atoms with E-state index < -0.39 is 5.91 Å². The average Bonchev–Trinajstić information content (AvgIpc) is 3.03. The van der Waals surface area contributed by atoms with Crippen LogP contribution in [-0.4, -0.2) is 29.3 Å². The number of rotatable bonds is 4. The highest BCUT2D eigenvalue weighted by Gasteiger charge is 2.16. The van der Waals surface area contributed by atoms with E-state index in [1.165, 1.54) is 12.3 Å². The van der Waals surface area contributed by atoms with E-state index in [4.69, 9.17) is 25.5 Å². The summed E-state index contributed by atoms with van der Waals surface area (Å²) in [4.78, 5) is 11.8. The summed E-state index contributed by atoms with van der Waals surface area (Å²) in [6, 6.07) is 7.13. The Balaban J connectivity index is 1.63. The molecule has 2 heterocycles. The minimum atomic E-state index is -0.421. The van der Waals surface area contributed by atoms with Gasteiger partial charge in [0.15, 0.2) is 0 Å². The molecule has 2 aromatic rings. The van der Waals surface area contributed by atoms with Crippen molar-refractivity contribution in [3.05, 3.63) is 53.1 Å². The summed E-state index contributed by atoms with van der Waals surface area (Å²) in [7, 11) is 0. The van der Waals surface area contributed by atoms with Crippen molar-refractivity contribution in [1.82, 2.24) is 10.2 Å². The normalized spacial score (nSPS) is 14.0. The maximum atomic E-state index is 11.8. The predicted molar refractivity (Wildman–Crippen MR) is 83.3 cm³/mol. The number of ether oxygens (including phenoxy) is 2. The molecule has 1 N–H and O–H groups in total. The number of benzene rings is 1. The van der Waals surface area contributed by atoms with Gasteiger partial charge in [-0.15, -0.1) is 5.10 Å². The molecular weight excluding hydrogens is 322 g/mol. The molecule has 7 nitrogen and oxygen atoms in total. The van der Waals surface area contributed by atoms with Gasteiger partial charge >= 0.3 is 6.01 Å². The van der Waals surface area contributed by atoms with E-state index in [9.17, 15) is 4.79 Å². The monoisotopic (exact) mass is 333 g/mol. The average molecular weight is 334 g/mol. The van der Waals surface area contributed by atoms with Crippen LogP contribution in [-0.2, 0) is 14.3 Å². The zero-order valence-corrected chi connectivity index (χ0v) is 12.6. The number of carbonyl (C=O) groups is 1. The summed E-state index contributed by atoms with van der Waals surface area (Å²) >= 11 is 6.00. The molecule has 0 unspecified atom stereocenters. The van der Waals surface area contributed by atoms with Crippen LogP contribution in [0.2, 0.25) is 5.02 Å². The summed E-state index contributed by atoms with van der Waals surface area (Å²) in [6.45, 7) is 0.866. The highest BCUT2D eigenvalue weighted by molar-refractivity contribution is 6.32. The van der Waals surface area contributed by atoms with E-state index in [1.54, 1.807) is 18.2 Å². The van der Waals surface area contributed by atoms with Crippen LogP contribution in [0.1, 0.15) is 11.5 Å². The lowest BCUT2D eigenvalue weighted by atomic mass is 10.2. The molecule has 0 saturated heterocycles. The van der Waals surface area contributed by atoms with Gasteiger partial charge < -0.3 is 13.9 Å². The molecular formula is C15H12ClN3O4. The number of halogens is 1. The predicted octanol–water partition coefficient (Wildman–Crippen LogP) is 2.72. The van der Waals surface area contributed by atoms with Gasteiger partial charge in [-0.25, -0.2) is 0 Å². The van der Waals surface area contributed by atoms with E-state index in [2.05, 4.69) is 15.5 Å². The smallest absolute Gasteiger partial charge is 0.322 e. The van der Waals surface area contributed by atoms with Crippen LogP contribution in [0, 0.1) is 0 Å². The van der Waals surface area contributed by atoms with Crippen LogP contribution < -0.4 is 5.32 Å². The first-order valence-corrected chi connectivity index (χ1v) is 7.12. The van der Waals surface area contributed by atoms with Gasteiger partial charge in [-0.3, -0.25) is 10.1 Å². The Kier molecular flexibility index (Phi) is 4.58. The van der Waals surface area contributed by atoms with Crippen molar-refractivity contribution in [2.24, 2.45) is 0 Å². The van der Waals surface area contributed by atoms with Gasteiger partial charge in [0.25, 0.3) is 11.8 Å². The van der Waals surface area contributed by atoms with Crippen LogP contribution in [0.25, 0.3) is 11.8 Å². The number of anilines is 1. The Labute approximate surface area is 136 Å². The molecule has 1 aromatic carbocycles. The fourth-order valence-electron chi connectivity index (χ4n) is 1.78. The molecule has 1 amide bonds. The van der Waals surface area contributed by atoms with Gasteiger partial charge in [-0.05, 0) is 17.7 Å². The van der Waals surface area contributed by atoms with Crippen LogP contribution >= 0.6 is 11.6 Å². The second-order valence-corrected chi connectivity index (χ2v) is 4.87. The van der Waals surface area contributed by atoms with Gasteiger partial charge in [0.05, 0.1) is 0 Å². The van der Waals surface area contributed by atoms with E-state index >= 15 is 0 Å². The molecule has 23 heavy (non-hydrogen) atoms. The summed E-state index contributed by atoms with van der Waals surface area (Å²) in [5.74, 6) is 0.0425. The number of hydrogen-bond acceptors (Lipinski definition) is 6. The van der Waals surface area contributed by atoms with Crippen molar-refractivity contribution in [1.29, 1.82) is 0 Å². The number of nitrogens with zero attached hydrogens (tertiary/aromatic N) is 2. The SMILES string of the molecule is O=C(C=Cc1ccccc1Cl)Nc1nnc(C2=COCCO2)o1. The summed E-state index contributed by atoms with van der Waals surface area (Å²) < 4.78 is 15.7. The zero-order valence-electron chi connectivity index (χ0n) is 11.9. The first-order valence-electron chi connectivity index (χ1n) is 6.74. The second-order valence-electron chi connectivity index (χ2n) is 4.46. The van der Waals surface area contributed by atoms with Gasteiger partial charge in [0.2, 0.25) is 5.76 Å². The lowest BCUT2D eigenvalue weighted by molar-refractivity contribution is -0.112. The maximum Gasteiger partial charge on any atom is 0.322 e. The molecule has 0 aliphatic carbocycles. The number of hydrogen-bond donors (Lipinski definition) is 1. The first kappa shape index (κ1) is 15.1. The Bertz CT molecular complexity index is 770. The molecule has 1 aromatic heterocycles. The molecule has 0 atom stereocenters. The van der Waals surface area contributed by atoms with Crippen LogP contribution in [0.3, 0.4) is 0 Å². The zero-order chi connectivity index (χ0) is 16.1. The molecule has 0 radical (unpaired) electrons. The van der Waals surface area contributed by atoms with Crippen molar-refractivity contribution in [3.8, 4) is 0 Å². The Morgan fingerprint density at radius 2 is 2.13 bits per heavy atom. The molecule has 0 spiro atoms. The van der Waals surface area contributed by atoms with E-state index in [0.717, 1.165) is 5.56 Å². The van der Waals surface area contributed by atoms with E-state index in [1.807, 2.05) is 12.1 Å². The number of aromatic nitrogens is 2. The molecule has 3 rings (SSSR count). The molecule has 0 bridgehead atoms. The Morgan fingerprint density at radius 3 is 2.91 bits per heavy atom. The molecule has 1 aliphatic heterocycles. The van der Waals surface area contributed by atoms with Crippen molar-refractivity contribution in [2.45, 2.75) is 0 Å².